The molecule has 3 rings (SSSR count). The smallest absolute Gasteiger partial charge is 0.124 e. The van der Waals surface area contributed by atoms with Crippen LogP contribution in [0.3, 0.4) is 0 Å². The Morgan fingerprint density at radius 3 is 2.88 bits per heavy atom. The van der Waals surface area contributed by atoms with E-state index in [0.717, 1.165) is 22.4 Å². The van der Waals surface area contributed by atoms with Gasteiger partial charge in [-0.1, -0.05) is 25.3 Å². The highest BCUT2D eigenvalue weighted by atomic mass is 32.1. The maximum atomic E-state index is 13.1. The fourth-order valence-electron chi connectivity index (χ4n) is 2.41. The molecule has 2 aromatic rings. The van der Waals surface area contributed by atoms with Crippen molar-refractivity contribution in [1.82, 2.24) is 0 Å². The molecule has 1 aromatic carbocycles. The Kier molecular flexibility index (Phi) is 2.89. The van der Waals surface area contributed by atoms with E-state index in [0.29, 0.717) is 0 Å². The van der Waals surface area contributed by atoms with Gasteiger partial charge in [0.15, 0.2) is 0 Å². The van der Waals surface area contributed by atoms with Crippen LogP contribution in [-0.2, 0) is 0 Å². The molecule has 2 N–H and O–H groups in total. The summed E-state index contributed by atoms with van der Waals surface area (Å²) in [4.78, 5) is 1.19. The molecule has 1 unspecified atom stereocenters. The Labute approximate surface area is 104 Å². The van der Waals surface area contributed by atoms with Crippen LogP contribution in [0.1, 0.15) is 36.6 Å². The van der Waals surface area contributed by atoms with Crippen LogP contribution in [0.5, 0.6) is 0 Å². The van der Waals surface area contributed by atoms with E-state index in [1.165, 1.54) is 30.2 Å². The maximum Gasteiger partial charge on any atom is 0.124 e. The summed E-state index contributed by atoms with van der Waals surface area (Å²) < 4.78 is 14.1. The summed E-state index contributed by atoms with van der Waals surface area (Å²) in [6.45, 7) is 0. The van der Waals surface area contributed by atoms with E-state index in [2.05, 4.69) is 6.07 Å². The van der Waals surface area contributed by atoms with Gasteiger partial charge in [-0.05, 0) is 35.9 Å². The van der Waals surface area contributed by atoms with Crippen LogP contribution in [0.15, 0.2) is 24.3 Å². The van der Waals surface area contributed by atoms with Crippen molar-refractivity contribution in [3.05, 3.63) is 35.0 Å². The molecule has 1 atom stereocenters. The minimum Gasteiger partial charge on any atom is -0.323 e. The van der Waals surface area contributed by atoms with Crippen LogP contribution >= 0.6 is 11.3 Å². The molecule has 1 aliphatic rings. The lowest BCUT2D eigenvalue weighted by Gasteiger charge is -2.27. The van der Waals surface area contributed by atoms with Gasteiger partial charge in [-0.2, -0.15) is 0 Å². The summed E-state index contributed by atoms with van der Waals surface area (Å²) in [6.07, 6.45) is 5.09. The molecule has 1 heterocycles. The van der Waals surface area contributed by atoms with E-state index >= 15 is 0 Å². The number of fused-ring (bicyclic) bond motifs is 1. The Morgan fingerprint density at radius 2 is 2.18 bits per heavy atom. The Hall–Kier alpha value is -0.930. The molecule has 0 saturated heterocycles. The summed E-state index contributed by atoms with van der Waals surface area (Å²) in [6, 6.07) is 7.18. The highest BCUT2D eigenvalue weighted by Crippen LogP contribution is 2.37. The zero-order valence-corrected chi connectivity index (χ0v) is 10.5. The second kappa shape index (κ2) is 4.39. The molecule has 1 nitrogen and oxygen atoms in total. The standard InChI is InChI=1S/C14H16FNS/c15-11-5-4-10-7-14(17-13(10)8-11)12(16)6-9-2-1-3-9/h4-5,7-9,12H,1-3,6,16H2. The number of thiophene rings is 1. The van der Waals surface area contributed by atoms with Crippen molar-refractivity contribution in [1.29, 1.82) is 0 Å². The molecule has 1 saturated carbocycles. The zero-order valence-electron chi connectivity index (χ0n) is 9.66. The summed E-state index contributed by atoms with van der Waals surface area (Å²) in [5.74, 6) is 0.644. The van der Waals surface area contributed by atoms with E-state index in [1.54, 1.807) is 17.4 Å². The van der Waals surface area contributed by atoms with Gasteiger partial charge in [-0.15, -0.1) is 11.3 Å². The number of nitrogens with two attached hydrogens (primary N) is 1. The van der Waals surface area contributed by atoms with Crippen molar-refractivity contribution in [2.75, 3.05) is 0 Å². The van der Waals surface area contributed by atoms with Crippen molar-refractivity contribution >= 4 is 21.4 Å². The fourth-order valence-corrected chi connectivity index (χ4v) is 3.52. The topological polar surface area (TPSA) is 26.0 Å². The van der Waals surface area contributed by atoms with Crippen LogP contribution in [-0.4, -0.2) is 0 Å². The van der Waals surface area contributed by atoms with Gasteiger partial charge < -0.3 is 5.73 Å². The predicted octanol–water partition coefficient (Wildman–Crippen LogP) is 4.23. The first-order valence-electron chi connectivity index (χ1n) is 6.17. The van der Waals surface area contributed by atoms with Crippen LogP contribution in [0, 0.1) is 11.7 Å². The summed E-state index contributed by atoms with van der Waals surface area (Å²) >= 11 is 1.63. The molecule has 0 bridgehead atoms. The third-order valence-electron chi connectivity index (χ3n) is 3.68. The highest BCUT2D eigenvalue weighted by Gasteiger charge is 2.21. The Morgan fingerprint density at radius 1 is 1.35 bits per heavy atom. The van der Waals surface area contributed by atoms with Crippen LogP contribution in [0.2, 0.25) is 0 Å². The number of hydrogen-bond acceptors (Lipinski definition) is 2. The normalized spacial score (nSPS) is 18.2. The molecule has 1 fully saturated rings. The number of hydrogen-bond donors (Lipinski definition) is 1. The van der Waals surface area contributed by atoms with Crippen molar-refractivity contribution in [3.63, 3.8) is 0 Å². The van der Waals surface area contributed by atoms with Crippen molar-refractivity contribution in [3.8, 4) is 0 Å². The number of rotatable bonds is 3. The van der Waals surface area contributed by atoms with E-state index in [1.807, 2.05) is 6.07 Å². The minimum atomic E-state index is -0.168. The zero-order chi connectivity index (χ0) is 11.8. The molecule has 0 radical (unpaired) electrons. The maximum absolute atomic E-state index is 13.1. The summed E-state index contributed by atoms with van der Waals surface area (Å²) in [5, 5.41) is 1.11. The molecular weight excluding hydrogens is 233 g/mol. The fraction of sp³-hybridized carbons (Fsp3) is 0.429. The van der Waals surface area contributed by atoms with Crippen LogP contribution in [0.25, 0.3) is 10.1 Å². The lowest BCUT2D eigenvalue weighted by atomic mass is 9.81. The first kappa shape index (κ1) is 11.2. The molecule has 90 valence electrons. The quantitative estimate of drug-likeness (QED) is 0.865. The van der Waals surface area contributed by atoms with E-state index < -0.39 is 0 Å². The number of halogens is 1. The van der Waals surface area contributed by atoms with Crippen molar-refractivity contribution < 1.29 is 4.39 Å². The van der Waals surface area contributed by atoms with Gasteiger partial charge in [0, 0.05) is 15.6 Å². The molecule has 17 heavy (non-hydrogen) atoms. The van der Waals surface area contributed by atoms with Gasteiger partial charge in [-0.25, -0.2) is 4.39 Å². The van der Waals surface area contributed by atoms with Gasteiger partial charge >= 0.3 is 0 Å². The summed E-state index contributed by atoms with van der Waals surface area (Å²) in [7, 11) is 0. The minimum absolute atomic E-state index is 0.126. The van der Waals surface area contributed by atoms with Gasteiger partial charge in [0.05, 0.1) is 0 Å². The van der Waals surface area contributed by atoms with Gasteiger partial charge in [0.1, 0.15) is 5.82 Å². The monoisotopic (exact) mass is 249 g/mol. The highest BCUT2D eigenvalue weighted by molar-refractivity contribution is 7.19. The predicted molar refractivity (Wildman–Crippen MR) is 70.7 cm³/mol. The Balaban J connectivity index is 1.83. The largest absolute Gasteiger partial charge is 0.323 e. The second-order valence-corrected chi connectivity index (χ2v) is 6.09. The average molecular weight is 249 g/mol. The third-order valence-corrected chi connectivity index (χ3v) is 4.91. The molecular formula is C14H16FNS. The molecule has 0 aliphatic heterocycles. The van der Waals surface area contributed by atoms with Gasteiger partial charge in [0.25, 0.3) is 0 Å². The van der Waals surface area contributed by atoms with Gasteiger partial charge in [-0.3, -0.25) is 0 Å². The first-order chi connectivity index (χ1) is 8.22. The van der Waals surface area contributed by atoms with Crippen LogP contribution < -0.4 is 5.73 Å². The average Bonchev–Trinajstić information content (AvgIpc) is 2.65. The molecule has 0 spiro atoms. The molecule has 1 aromatic heterocycles. The van der Waals surface area contributed by atoms with Crippen LogP contribution in [0.4, 0.5) is 4.39 Å². The van der Waals surface area contributed by atoms with E-state index in [9.17, 15) is 4.39 Å². The molecule has 0 amide bonds. The van der Waals surface area contributed by atoms with Crippen molar-refractivity contribution in [2.45, 2.75) is 31.7 Å². The number of benzene rings is 1. The van der Waals surface area contributed by atoms with E-state index in [4.69, 9.17) is 5.73 Å². The Bertz CT molecular complexity index is 530. The first-order valence-corrected chi connectivity index (χ1v) is 6.98. The second-order valence-electron chi connectivity index (χ2n) is 4.97. The lowest BCUT2D eigenvalue weighted by molar-refractivity contribution is 0.278. The van der Waals surface area contributed by atoms with E-state index in [-0.39, 0.29) is 11.9 Å². The molecule has 1 aliphatic carbocycles. The van der Waals surface area contributed by atoms with Crippen molar-refractivity contribution in [2.24, 2.45) is 11.7 Å². The third kappa shape index (κ3) is 2.22. The SMILES string of the molecule is NC(CC1CCC1)c1cc2ccc(F)cc2s1. The molecule has 3 heteroatoms. The lowest BCUT2D eigenvalue weighted by Crippen LogP contribution is -2.19. The summed E-state index contributed by atoms with van der Waals surface area (Å²) in [5.41, 5.74) is 6.22. The van der Waals surface area contributed by atoms with Gasteiger partial charge in [0.2, 0.25) is 0 Å².